The Morgan fingerprint density at radius 2 is 1.76 bits per heavy atom. The zero-order valence-electron chi connectivity index (χ0n) is 19.8. The lowest BCUT2D eigenvalue weighted by Gasteiger charge is -2.32. The maximum Gasteiger partial charge on any atom is 0.248 e. The number of aromatic nitrogens is 1. The van der Waals surface area contributed by atoms with Gasteiger partial charge in [0.25, 0.3) is 0 Å². The zero-order valence-corrected chi connectivity index (χ0v) is 20.6. The van der Waals surface area contributed by atoms with E-state index in [1.54, 1.807) is 45.5 Å². The van der Waals surface area contributed by atoms with Gasteiger partial charge in [0.05, 0.1) is 18.6 Å². The van der Waals surface area contributed by atoms with E-state index in [-0.39, 0.29) is 30.6 Å². The average molecular weight is 476 g/mol. The first-order valence-corrected chi connectivity index (χ1v) is 12.5. The third kappa shape index (κ3) is 6.10. The minimum absolute atomic E-state index is 0.0472. The molecular formula is C24H33N3O5S. The predicted octanol–water partition coefficient (Wildman–Crippen LogP) is 2.75. The molecule has 0 radical (unpaired) electrons. The normalized spacial score (nSPS) is 15.1. The van der Waals surface area contributed by atoms with Crippen molar-refractivity contribution in [1.29, 1.82) is 0 Å². The number of rotatable bonds is 9. The van der Waals surface area contributed by atoms with E-state index in [2.05, 4.69) is 4.98 Å². The molecule has 33 heavy (non-hydrogen) atoms. The van der Waals surface area contributed by atoms with E-state index in [1.165, 1.54) is 16.9 Å². The van der Waals surface area contributed by atoms with Gasteiger partial charge in [-0.2, -0.15) is 4.31 Å². The molecule has 0 unspecified atom stereocenters. The summed E-state index contributed by atoms with van der Waals surface area (Å²) in [6.07, 6.45) is 5.43. The fourth-order valence-electron chi connectivity index (χ4n) is 4.25. The minimum atomic E-state index is -3.68. The quantitative estimate of drug-likeness (QED) is 0.518. The summed E-state index contributed by atoms with van der Waals surface area (Å²) >= 11 is 0. The van der Waals surface area contributed by atoms with Crippen LogP contribution >= 0.6 is 0 Å². The average Bonchev–Trinajstić information content (AvgIpc) is 2.81. The topological polar surface area (TPSA) is 89.0 Å². The lowest BCUT2D eigenvalue weighted by atomic mass is 9.90. The molecule has 0 spiro atoms. The summed E-state index contributed by atoms with van der Waals surface area (Å²) < 4.78 is 38.1. The van der Waals surface area contributed by atoms with Crippen LogP contribution in [0.25, 0.3) is 0 Å². The monoisotopic (exact) mass is 475 g/mol. The molecule has 8 nitrogen and oxygen atoms in total. The molecule has 2 heterocycles. The molecule has 9 heteroatoms. The Labute approximate surface area is 196 Å². The van der Waals surface area contributed by atoms with Crippen LogP contribution in [0.2, 0.25) is 0 Å². The Kier molecular flexibility index (Phi) is 8.45. The van der Waals surface area contributed by atoms with E-state index < -0.39 is 10.0 Å². The largest absolute Gasteiger partial charge is 0.497 e. The molecule has 1 aliphatic heterocycles. The Morgan fingerprint density at radius 1 is 1.15 bits per heavy atom. The van der Waals surface area contributed by atoms with Crippen LogP contribution in [-0.4, -0.2) is 75.5 Å². The number of aryl methyl sites for hydroxylation is 2. The van der Waals surface area contributed by atoms with Gasteiger partial charge in [-0.1, -0.05) is 0 Å². The standard InChI is InChI=1S/C24H33N3O5S/c1-18-15-22(31-4)16-19(2)24(18)33(29,30)26(3)13-14-32-17-23(28)27-11-7-21(8-12-27)20-5-9-25-10-6-20/h5-6,9-10,15-16,21H,7-8,11-14,17H2,1-4H3. The van der Waals surface area contributed by atoms with Crippen LogP contribution in [0.15, 0.2) is 41.6 Å². The van der Waals surface area contributed by atoms with Gasteiger partial charge in [0.1, 0.15) is 12.4 Å². The summed E-state index contributed by atoms with van der Waals surface area (Å²) in [4.78, 5) is 18.7. The lowest BCUT2D eigenvalue weighted by Crippen LogP contribution is -2.40. The highest BCUT2D eigenvalue weighted by Crippen LogP contribution is 2.28. The number of sulfonamides is 1. The van der Waals surface area contributed by atoms with Crippen LogP contribution in [0.3, 0.4) is 0 Å². The number of likely N-dealkylation sites (N-methyl/N-ethyl adjacent to an activating group) is 1. The van der Waals surface area contributed by atoms with Crippen LogP contribution in [-0.2, 0) is 19.6 Å². The molecule has 0 N–H and O–H groups in total. The third-order valence-corrected chi connectivity index (χ3v) is 8.30. The van der Waals surface area contributed by atoms with Crippen molar-refractivity contribution >= 4 is 15.9 Å². The highest BCUT2D eigenvalue weighted by Gasteiger charge is 2.26. The van der Waals surface area contributed by atoms with Crippen molar-refractivity contribution in [3.05, 3.63) is 53.3 Å². The van der Waals surface area contributed by atoms with Crippen molar-refractivity contribution in [2.45, 2.75) is 37.5 Å². The van der Waals surface area contributed by atoms with Gasteiger partial charge in [-0.15, -0.1) is 0 Å². The second-order valence-corrected chi connectivity index (χ2v) is 10.4. The van der Waals surface area contributed by atoms with E-state index in [0.717, 1.165) is 12.8 Å². The van der Waals surface area contributed by atoms with Gasteiger partial charge in [-0.25, -0.2) is 8.42 Å². The van der Waals surface area contributed by atoms with Gasteiger partial charge >= 0.3 is 0 Å². The Morgan fingerprint density at radius 3 is 2.33 bits per heavy atom. The van der Waals surface area contributed by atoms with Crippen molar-refractivity contribution in [3.63, 3.8) is 0 Å². The number of amides is 1. The number of ether oxygens (including phenoxy) is 2. The van der Waals surface area contributed by atoms with Crippen LogP contribution in [0.1, 0.15) is 35.4 Å². The molecule has 1 aliphatic rings. The maximum atomic E-state index is 13.0. The van der Waals surface area contributed by atoms with Crippen LogP contribution in [0, 0.1) is 13.8 Å². The molecule has 0 bridgehead atoms. The van der Waals surface area contributed by atoms with E-state index in [0.29, 0.717) is 35.9 Å². The fraction of sp³-hybridized carbons (Fsp3) is 0.500. The summed E-state index contributed by atoms with van der Waals surface area (Å²) in [6, 6.07) is 7.48. The van der Waals surface area contributed by atoms with Crippen LogP contribution in [0.5, 0.6) is 5.75 Å². The second-order valence-electron chi connectivity index (χ2n) is 8.41. The third-order valence-electron chi connectivity index (χ3n) is 6.14. The van der Waals surface area contributed by atoms with E-state index >= 15 is 0 Å². The first-order chi connectivity index (χ1) is 15.7. The number of pyridine rings is 1. The van der Waals surface area contributed by atoms with Gasteiger partial charge in [-0.05, 0) is 73.6 Å². The molecule has 1 fully saturated rings. The number of likely N-dealkylation sites (tertiary alicyclic amines) is 1. The molecule has 0 aliphatic carbocycles. The minimum Gasteiger partial charge on any atom is -0.497 e. The Hall–Kier alpha value is -2.49. The fourth-order valence-corrected chi connectivity index (χ4v) is 5.81. The van der Waals surface area contributed by atoms with Crippen molar-refractivity contribution in [2.24, 2.45) is 0 Å². The summed E-state index contributed by atoms with van der Waals surface area (Å²) in [5.74, 6) is 1.01. The molecule has 1 aromatic carbocycles. The molecule has 3 rings (SSSR count). The number of piperidine rings is 1. The van der Waals surface area contributed by atoms with Crippen molar-refractivity contribution in [3.8, 4) is 5.75 Å². The van der Waals surface area contributed by atoms with Gasteiger partial charge in [0, 0.05) is 39.1 Å². The summed E-state index contributed by atoms with van der Waals surface area (Å²) in [6.45, 7) is 5.15. The highest BCUT2D eigenvalue weighted by molar-refractivity contribution is 7.89. The van der Waals surface area contributed by atoms with Crippen molar-refractivity contribution < 1.29 is 22.7 Å². The summed E-state index contributed by atoms with van der Waals surface area (Å²) in [5, 5.41) is 0. The zero-order chi connectivity index (χ0) is 24.0. The number of methoxy groups -OCH3 is 1. The number of hydrogen-bond donors (Lipinski definition) is 0. The Bertz CT molecular complexity index is 1030. The highest BCUT2D eigenvalue weighted by atomic mass is 32.2. The van der Waals surface area contributed by atoms with E-state index in [9.17, 15) is 13.2 Å². The molecule has 180 valence electrons. The van der Waals surface area contributed by atoms with Crippen LogP contribution < -0.4 is 4.74 Å². The van der Waals surface area contributed by atoms with Gasteiger partial charge in [0.2, 0.25) is 15.9 Å². The van der Waals surface area contributed by atoms with Gasteiger partial charge in [0.15, 0.2) is 0 Å². The molecule has 1 aromatic heterocycles. The predicted molar refractivity (Wildman–Crippen MR) is 126 cm³/mol. The summed E-state index contributed by atoms with van der Waals surface area (Å²) in [7, 11) is -0.608. The van der Waals surface area contributed by atoms with Crippen molar-refractivity contribution in [2.75, 3.05) is 47.0 Å². The van der Waals surface area contributed by atoms with Gasteiger partial charge in [-0.3, -0.25) is 9.78 Å². The first-order valence-electron chi connectivity index (χ1n) is 11.1. The van der Waals surface area contributed by atoms with E-state index in [1.807, 2.05) is 17.0 Å². The summed E-state index contributed by atoms with van der Waals surface area (Å²) in [5.41, 5.74) is 2.52. The van der Waals surface area contributed by atoms with E-state index in [4.69, 9.17) is 9.47 Å². The number of benzene rings is 1. The Balaban J connectivity index is 1.45. The lowest BCUT2D eigenvalue weighted by molar-refractivity contribution is -0.137. The second kappa shape index (κ2) is 11.1. The molecular weight excluding hydrogens is 442 g/mol. The molecule has 1 saturated heterocycles. The first kappa shape index (κ1) is 25.1. The number of carbonyl (C=O) groups excluding carboxylic acids is 1. The maximum absolute atomic E-state index is 13.0. The van der Waals surface area contributed by atoms with Gasteiger partial charge < -0.3 is 14.4 Å². The molecule has 0 saturated carbocycles. The van der Waals surface area contributed by atoms with Crippen LogP contribution in [0.4, 0.5) is 0 Å². The molecule has 2 aromatic rings. The van der Waals surface area contributed by atoms with Crippen molar-refractivity contribution in [1.82, 2.24) is 14.2 Å². The SMILES string of the molecule is COc1cc(C)c(S(=O)(=O)N(C)CCOCC(=O)N2CCC(c3ccncc3)CC2)c(C)c1. The number of nitrogens with zero attached hydrogens (tertiary/aromatic N) is 3. The smallest absolute Gasteiger partial charge is 0.248 e. The molecule has 1 amide bonds. The number of carbonyl (C=O) groups is 1. The molecule has 0 atom stereocenters. The number of hydrogen-bond acceptors (Lipinski definition) is 6.